The quantitative estimate of drug-likeness (QED) is 0.109. The molecular weight excluding hydrogens is 568 g/mol. The van der Waals surface area contributed by atoms with E-state index in [1.165, 1.54) is 0 Å². The van der Waals surface area contributed by atoms with Gasteiger partial charge in [-0.15, -0.1) is 0 Å². The van der Waals surface area contributed by atoms with Gasteiger partial charge in [-0.05, 0) is 50.5 Å². The lowest BCUT2D eigenvalue weighted by atomic mass is 9.87. The van der Waals surface area contributed by atoms with E-state index in [1.54, 1.807) is 24.4 Å². The third kappa shape index (κ3) is 6.93. The number of Topliss-reactive ketones (excluding diaryl/α,β-unsaturated/α-hetero) is 1. The zero-order chi connectivity index (χ0) is 32.1. The van der Waals surface area contributed by atoms with E-state index in [0.29, 0.717) is 54.9 Å². The van der Waals surface area contributed by atoms with Crippen LogP contribution in [0, 0.1) is 12.8 Å². The minimum atomic E-state index is -0.221. The normalized spacial score (nSPS) is 14.4. The topological polar surface area (TPSA) is 158 Å². The lowest BCUT2D eigenvalue weighted by Crippen LogP contribution is -2.28. The summed E-state index contributed by atoms with van der Waals surface area (Å²) in [6, 6.07) is 11.3. The van der Waals surface area contributed by atoms with Crippen LogP contribution in [0.3, 0.4) is 0 Å². The van der Waals surface area contributed by atoms with Gasteiger partial charge < -0.3 is 26.3 Å². The number of nitrogens with two attached hydrogens (primary N) is 1. The molecule has 232 valence electrons. The van der Waals surface area contributed by atoms with Gasteiger partial charge in [0.15, 0.2) is 0 Å². The number of amidine groups is 1. The van der Waals surface area contributed by atoms with E-state index >= 15 is 0 Å². The second-order valence-electron chi connectivity index (χ2n) is 11.4. The molecule has 0 radical (unpaired) electrons. The first-order chi connectivity index (χ1) is 21.7. The van der Waals surface area contributed by atoms with E-state index in [0.717, 1.165) is 45.4 Å². The van der Waals surface area contributed by atoms with Gasteiger partial charge in [-0.1, -0.05) is 24.3 Å². The van der Waals surface area contributed by atoms with Crippen molar-refractivity contribution in [2.45, 2.75) is 46.1 Å². The predicted molar refractivity (Wildman–Crippen MR) is 178 cm³/mol. The van der Waals surface area contributed by atoms with Gasteiger partial charge in [0, 0.05) is 85.3 Å². The fraction of sp³-hybridized carbons (Fsp3) is 0.294. The number of H-pyrrole nitrogens is 1. The molecule has 4 aromatic rings. The number of aromatic amines is 1. The largest absolute Gasteiger partial charge is 0.392 e. The van der Waals surface area contributed by atoms with Crippen molar-refractivity contribution >= 4 is 52.0 Å². The highest BCUT2D eigenvalue weighted by Crippen LogP contribution is 2.36. The number of ketones is 1. The van der Waals surface area contributed by atoms with E-state index in [1.807, 2.05) is 63.3 Å². The van der Waals surface area contributed by atoms with E-state index < -0.39 is 0 Å². The molecule has 0 unspecified atom stereocenters. The van der Waals surface area contributed by atoms with E-state index in [4.69, 9.17) is 10.7 Å². The molecule has 11 heteroatoms. The van der Waals surface area contributed by atoms with Crippen LogP contribution in [-0.4, -0.2) is 52.9 Å². The van der Waals surface area contributed by atoms with Gasteiger partial charge in [-0.25, -0.2) is 9.97 Å². The standard InChI is InChI=1S/C34H38N8O3/c1-20-16-38-34(40-30(35)15-21(2)36-3)41-31(20)26-17-37-32-25(26)8-6-10-29(32)42(4)18-27-23(19-43)7-5-9-28(27)39-33(45)22-11-13-24(44)14-12-22/h5-10,15-17,19,22,36-37H,11-14,18H2,1-4H3,(H,39,45)(H2,35,38,40,41)/b21-15-. The average molecular weight is 607 g/mol. The van der Waals surface area contributed by atoms with Crippen molar-refractivity contribution in [3.05, 3.63) is 77.3 Å². The van der Waals surface area contributed by atoms with Gasteiger partial charge in [-0.2, -0.15) is 4.99 Å². The van der Waals surface area contributed by atoms with Gasteiger partial charge in [0.1, 0.15) is 17.9 Å². The first-order valence-electron chi connectivity index (χ1n) is 14.9. The lowest BCUT2D eigenvalue weighted by Gasteiger charge is -2.25. The Morgan fingerprint density at radius 3 is 2.69 bits per heavy atom. The number of hydrogen-bond donors (Lipinski definition) is 4. The Hall–Kier alpha value is -5.32. The summed E-state index contributed by atoms with van der Waals surface area (Å²) in [6.07, 6.45) is 8.12. The van der Waals surface area contributed by atoms with Crippen LogP contribution in [0.1, 0.15) is 54.1 Å². The number of fused-ring (bicyclic) bond motifs is 1. The lowest BCUT2D eigenvalue weighted by molar-refractivity contribution is -0.125. The molecule has 0 aliphatic heterocycles. The van der Waals surface area contributed by atoms with Crippen LogP contribution >= 0.6 is 0 Å². The van der Waals surface area contributed by atoms with Gasteiger partial charge >= 0.3 is 0 Å². The zero-order valence-corrected chi connectivity index (χ0v) is 26.0. The number of anilines is 2. The molecule has 11 nitrogen and oxygen atoms in total. The predicted octanol–water partition coefficient (Wildman–Crippen LogP) is 5.19. The minimum absolute atomic E-state index is 0.121. The van der Waals surface area contributed by atoms with Crippen molar-refractivity contribution in [1.29, 1.82) is 0 Å². The minimum Gasteiger partial charge on any atom is -0.392 e. The summed E-state index contributed by atoms with van der Waals surface area (Å²) < 4.78 is 0. The fourth-order valence-electron chi connectivity index (χ4n) is 5.62. The first-order valence-corrected chi connectivity index (χ1v) is 14.9. The molecule has 0 bridgehead atoms. The first kappa shape index (κ1) is 31.1. The number of rotatable bonds is 10. The van der Waals surface area contributed by atoms with Crippen molar-refractivity contribution in [3.8, 4) is 11.3 Å². The number of carbonyl (C=O) groups is 3. The maximum absolute atomic E-state index is 13.1. The number of carbonyl (C=O) groups excluding carboxylic acids is 3. The second kappa shape index (κ2) is 13.5. The van der Waals surface area contributed by atoms with Crippen LogP contribution in [0.25, 0.3) is 22.2 Å². The number of nitrogens with one attached hydrogen (secondary N) is 3. The number of aromatic nitrogens is 3. The van der Waals surface area contributed by atoms with Crippen LogP contribution in [0.5, 0.6) is 0 Å². The summed E-state index contributed by atoms with van der Waals surface area (Å²) >= 11 is 0. The molecule has 5 rings (SSSR count). The summed E-state index contributed by atoms with van der Waals surface area (Å²) in [4.78, 5) is 55.8. The van der Waals surface area contributed by atoms with Crippen LogP contribution in [-0.2, 0) is 16.1 Å². The Morgan fingerprint density at radius 2 is 1.96 bits per heavy atom. The van der Waals surface area contributed by atoms with E-state index in [9.17, 15) is 14.4 Å². The molecule has 2 heterocycles. The molecule has 0 spiro atoms. The van der Waals surface area contributed by atoms with Gasteiger partial charge in [0.25, 0.3) is 5.95 Å². The molecule has 2 aromatic carbocycles. The highest BCUT2D eigenvalue weighted by atomic mass is 16.2. The second-order valence-corrected chi connectivity index (χ2v) is 11.4. The van der Waals surface area contributed by atoms with Crippen LogP contribution in [0.2, 0.25) is 0 Å². The number of para-hydroxylation sites is 1. The summed E-state index contributed by atoms with van der Waals surface area (Å²) in [7, 11) is 3.75. The van der Waals surface area contributed by atoms with Crippen LogP contribution in [0.15, 0.2) is 65.6 Å². The molecule has 1 fully saturated rings. The molecule has 1 amide bonds. The smallest absolute Gasteiger partial charge is 0.251 e. The van der Waals surface area contributed by atoms with Crippen LogP contribution in [0.4, 0.5) is 17.3 Å². The summed E-state index contributed by atoms with van der Waals surface area (Å²) in [5, 5.41) is 7.01. The zero-order valence-electron chi connectivity index (χ0n) is 26.0. The molecular formula is C34H38N8O3. The summed E-state index contributed by atoms with van der Waals surface area (Å²) in [5.74, 6) is 0.410. The Kier molecular flexibility index (Phi) is 9.36. The van der Waals surface area contributed by atoms with Crippen molar-refractivity contribution in [3.63, 3.8) is 0 Å². The number of hydrogen-bond acceptors (Lipinski definition) is 8. The Bertz CT molecular complexity index is 1810. The monoisotopic (exact) mass is 606 g/mol. The Balaban J connectivity index is 1.44. The van der Waals surface area contributed by atoms with Gasteiger partial charge in [-0.3, -0.25) is 14.4 Å². The number of benzene rings is 2. The molecule has 45 heavy (non-hydrogen) atoms. The van der Waals surface area contributed by atoms with Crippen molar-refractivity contribution in [1.82, 2.24) is 20.3 Å². The SMILES string of the molecule is CN/C(C)=C\C(N)=N/c1ncc(C)c(-c2c[nH]c3c(N(C)Cc4c(C=O)cccc4NC(=O)C4CCC(=O)CC4)cccc23)n1. The number of aldehydes is 1. The maximum Gasteiger partial charge on any atom is 0.251 e. The summed E-state index contributed by atoms with van der Waals surface area (Å²) in [6.45, 7) is 4.20. The van der Waals surface area contributed by atoms with Crippen molar-refractivity contribution in [2.75, 3.05) is 24.3 Å². The number of allylic oxidation sites excluding steroid dienone is 1. The molecule has 1 aliphatic rings. The van der Waals surface area contributed by atoms with Gasteiger partial charge in [0.05, 0.1) is 16.9 Å². The molecule has 1 saturated carbocycles. The molecule has 0 saturated heterocycles. The van der Waals surface area contributed by atoms with Crippen molar-refractivity contribution < 1.29 is 14.4 Å². The van der Waals surface area contributed by atoms with Crippen LogP contribution < -0.4 is 21.3 Å². The molecule has 5 N–H and O–H groups in total. The Morgan fingerprint density at radius 1 is 1.20 bits per heavy atom. The highest BCUT2D eigenvalue weighted by molar-refractivity contribution is 6.02. The van der Waals surface area contributed by atoms with Crippen molar-refractivity contribution in [2.24, 2.45) is 16.6 Å². The summed E-state index contributed by atoms with van der Waals surface area (Å²) in [5.41, 5.74) is 13.1. The number of nitrogens with zero attached hydrogens (tertiary/aromatic N) is 4. The maximum atomic E-state index is 13.1. The number of aliphatic imine (C=N–C) groups is 1. The average Bonchev–Trinajstić information content (AvgIpc) is 3.47. The Labute approximate surface area is 262 Å². The number of aryl methyl sites for hydroxylation is 1. The third-order valence-corrected chi connectivity index (χ3v) is 8.21. The molecule has 2 aromatic heterocycles. The molecule has 1 aliphatic carbocycles. The van der Waals surface area contributed by atoms with Gasteiger partial charge in [0.2, 0.25) is 5.91 Å². The molecule has 0 atom stereocenters. The number of amides is 1. The van der Waals surface area contributed by atoms with E-state index in [2.05, 4.69) is 25.6 Å². The van der Waals surface area contributed by atoms with E-state index in [-0.39, 0.29) is 23.6 Å². The third-order valence-electron chi connectivity index (χ3n) is 8.21. The fourth-order valence-corrected chi connectivity index (χ4v) is 5.62. The highest BCUT2D eigenvalue weighted by Gasteiger charge is 2.26.